The van der Waals surface area contributed by atoms with Crippen molar-refractivity contribution in [1.29, 1.82) is 0 Å². The molecule has 0 aliphatic rings. The molecular formula is C23H21N5O4. The Morgan fingerprint density at radius 1 is 1.09 bits per heavy atom. The Morgan fingerprint density at radius 3 is 2.56 bits per heavy atom. The van der Waals surface area contributed by atoms with Crippen LogP contribution in [0.25, 0.3) is 5.65 Å². The minimum absolute atomic E-state index is 0.110. The summed E-state index contributed by atoms with van der Waals surface area (Å²) in [6, 6.07) is 12.3. The number of hydrogen-bond donors (Lipinski definition) is 1. The number of Topliss-reactive ketones (excluding diaryl/α,β-unsaturated/α-hetero) is 1. The van der Waals surface area contributed by atoms with Gasteiger partial charge in [0.15, 0.2) is 5.78 Å². The van der Waals surface area contributed by atoms with E-state index in [9.17, 15) is 14.4 Å². The third-order valence-electron chi connectivity index (χ3n) is 4.73. The molecule has 2 aromatic heterocycles. The topological polar surface area (TPSA) is 108 Å². The van der Waals surface area contributed by atoms with Crippen molar-refractivity contribution in [2.45, 2.75) is 27.3 Å². The van der Waals surface area contributed by atoms with Gasteiger partial charge in [-0.15, -0.1) is 5.10 Å². The highest BCUT2D eigenvalue weighted by Crippen LogP contribution is 2.24. The fraction of sp³-hybridized carbons (Fsp3) is 0.174. The maximum absolute atomic E-state index is 12.7. The molecule has 0 spiro atoms. The van der Waals surface area contributed by atoms with Crippen molar-refractivity contribution < 1.29 is 14.3 Å². The minimum atomic E-state index is -0.500. The van der Waals surface area contributed by atoms with Crippen molar-refractivity contribution >= 4 is 23.0 Å². The molecule has 1 N–H and O–H groups in total. The van der Waals surface area contributed by atoms with Gasteiger partial charge in [0.2, 0.25) is 11.6 Å². The first-order chi connectivity index (χ1) is 15.3. The first-order valence-corrected chi connectivity index (χ1v) is 9.91. The summed E-state index contributed by atoms with van der Waals surface area (Å²) < 4.78 is 8.19. The summed E-state index contributed by atoms with van der Waals surface area (Å²) in [5, 5.41) is 6.92. The summed E-state index contributed by atoms with van der Waals surface area (Å²) in [6.45, 7) is 5.05. The third kappa shape index (κ3) is 4.41. The fourth-order valence-electron chi connectivity index (χ4n) is 3.36. The molecule has 0 aliphatic heterocycles. The number of nitrogens with zero attached hydrogens (tertiary/aromatic N) is 4. The van der Waals surface area contributed by atoms with E-state index in [0.29, 0.717) is 17.0 Å². The first kappa shape index (κ1) is 21.0. The van der Waals surface area contributed by atoms with Gasteiger partial charge in [0, 0.05) is 23.6 Å². The molecule has 0 saturated heterocycles. The average molecular weight is 431 g/mol. The summed E-state index contributed by atoms with van der Waals surface area (Å²) in [5.41, 5.74) is 2.69. The summed E-state index contributed by atoms with van der Waals surface area (Å²) in [4.78, 5) is 40.9. The van der Waals surface area contributed by atoms with Crippen LogP contribution in [-0.4, -0.2) is 30.9 Å². The van der Waals surface area contributed by atoms with Gasteiger partial charge in [0.05, 0.1) is 0 Å². The molecule has 162 valence electrons. The average Bonchev–Trinajstić information content (AvgIpc) is 3.04. The molecule has 0 fully saturated rings. The molecule has 2 heterocycles. The maximum Gasteiger partial charge on any atom is 0.351 e. The highest BCUT2D eigenvalue weighted by Gasteiger charge is 2.16. The second kappa shape index (κ2) is 8.46. The lowest BCUT2D eigenvalue weighted by Crippen LogP contribution is -2.28. The summed E-state index contributed by atoms with van der Waals surface area (Å²) in [7, 11) is 0. The van der Waals surface area contributed by atoms with Gasteiger partial charge in [-0.25, -0.2) is 18.9 Å². The van der Waals surface area contributed by atoms with Crippen molar-refractivity contribution in [3.8, 4) is 11.6 Å². The fourth-order valence-corrected chi connectivity index (χ4v) is 3.36. The Bertz CT molecular complexity index is 1380. The smallest absolute Gasteiger partial charge is 0.351 e. The second-order valence-electron chi connectivity index (χ2n) is 7.48. The van der Waals surface area contributed by atoms with Crippen LogP contribution in [0.5, 0.6) is 11.6 Å². The van der Waals surface area contributed by atoms with Gasteiger partial charge in [-0.1, -0.05) is 18.2 Å². The van der Waals surface area contributed by atoms with E-state index in [4.69, 9.17) is 4.74 Å². The lowest BCUT2D eigenvalue weighted by atomic mass is 10.1. The predicted octanol–water partition coefficient (Wildman–Crippen LogP) is 3.14. The zero-order valence-corrected chi connectivity index (χ0v) is 17.8. The van der Waals surface area contributed by atoms with Gasteiger partial charge in [0.1, 0.15) is 12.3 Å². The Hall–Kier alpha value is -4.27. The monoisotopic (exact) mass is 431 g/mol. The van der Waals surface area contributed by atoms with E-state index >= 15 is 0 Å². The molecule has 4 rings (SSSR count). The van der Waals surface area contributed by atoms with Gasteiger partial charge in [-0.3, -0.25) is 9.59 Å². The van der Waals surface area contributed by atoms with E-state index in [1.807, 2.05) is 32.0 Å². The van der Waals surface area contributed by atoms with E-state index in [1.54, 1.807) is 24.3 Å². The van der Waals surface area contributed by atoms with Crippen LogP contribution in [0.4, 0.5) is 5.69 Å². The summed E-state index contributed by atoms with van der Waals surface area (Å²) >= 11 is 0. The zero-order chi connectivity index (χ0) is 22.8. The highest BCUT2D eigenvalue weighted by atomic mass is 16.5. The van der Waals surface area contributed by atoms with Gasteiger partial charge in [-0.2, -0.15) is 0 Å². The number of nitrogens with one attached hydrogen (secondary N) is 1. The SMILES string of the molecule is CC(=O)c1cccc(NC(=O)Cn2nc3c(Oc4cc(C)cc(C)c4)nccn3c2=O)c1. The first-order valence-electron chi connectivity index (χ1n) is 9.91. The molecule has 0 saturated carbocycles. The highest BCUT2D eigenvalue weighted by molar-refractivity contribution is 5.97. The van der Waals surface area contributed by atoms with Crippen LogP contribution in [0.2, 0.25) is 0 Å². The van der Waals surface area contributed by atoms with E-state index in [0.717, 1.165) is 15.8 Å². The predicted molar refractivity (Wildman–Crippen MR) is 118 cm³/mol. The van der Waals surface area contributed by atoms with Crippen molar-refractivity contribution in [3.63, 3.8) is 0 Å². The lowest BCUT2D eigenvalue weighted by molar-refractivity contribution is -0.117. The molecule has 9 heteroatoms. The van der Waals surface area contributed by atoms with Crippen LogP contribution in [0.1, 0.15) is 28.4 Å². The Kier molecular flexibility index (Phi) is 5.55. The quantitative estimate of drug-likeness (QED) is 0.470. The zero-order valence-electron chi connectivity index (χ0n) is 17.8. The van der Waals surface area contributed by atoms with Crippen molar-refractivity contribution in [2.75, 3.05) is 5.32 Å². The Morgan fingerprint density at radius 2 is 1.84 bits per heavy atom. The third-order valence-corrected chi connectivity index (χ3v) is 4.73. The van der Waals surface area contributed by atoms with Crippen molar-refractivity contribution in [1.82, 2.24) is 19.2 Å². The molecule has 0 radical (unpaired) electrons. The van der Waals surface area contributed by atoms with Gasteiger partial charge < -0.3 is 10.1 Å². The number of anilines is 1. The molecule has 32 heavy (non-hydrogen) atoms. The number of amides is 1. The Labute approximate surface area is 183 Å². The number of benzene rings is 2. The van der Waals surface area contributed by atoms with Crippen LogP contribution in [0.3, 0.4) is 0 Å². The number of aromatic nitrogens is 4. The summed E-state index contributed by atoms with van der Waals surface area (Å²) in [6.07, 6.45) is 2.90. The number of carbonyl (C=O) groups excluding carboxylic acids is 2. The number of ketones is 1. The van der Waals surface area contributed by atoms with E-state index in [-0.39, 0.29) is 23.9 Å². The molecule has 4 aromatic rings. The lowest BCUT2D eigenvalue weighted by Gasteiger charge is -2.07. The van der Waals surface area contributed by atoms with Crippen LogP contribution in [-0.2, 0) is 11.3 Å². The number of carbonyl (C=O) groups is 2. The van der Waals surface area contributed by atoms with E-state index in [2.05, 4.69) is 15.4 Å². The summed E-state index contributed by atoms with van der Waals surface area (Å²) in [5.74, 6) is 0.165. The molecule has 1 amide bonds. The van der Waals surface area contributed by atoms with Crippen LogP contribution in [0, 0.1) is 13.8 Å². The number of rotatable bonds is 6. The number of ether oxygens (including phenoxy) is 1. The molecule has 0 unspecified atom stereocenters. The van der Waals surface area contributed by atoms with Crippen molar-refractivity contribution in [2.24, 2.45) is 0 Å². The maximum atomic E-state index is 12.7. The van der Waals surface area contributed by atoms with Crippen molar-refractivity contribution in [3.05, 3.63) is 82.0 Å². The Balaban J connectivity index is 1.59. The van der Waals surface area contributed by atoms with E-state index in [1.165, 1.54) is 23.7 Å². The standard InChI is InChI=1S/C23H21N5O4/c1-14-9-15(2)11-19(10-14)32-22-21-26-28(23(31)27(21)8-7-24-22)13-20(30)25-18-6-4-5-17(12-18)16(3)29/h4-12H,13H2,1-3H3,(H,25,30). The number of aryl methyl sites for hydroxylation is 2. The molecule has 0 bridgehead atoms. The minimum Gasteiger partial charge on any atom is -0.436 e. The van der Waals surface area contributed by atoms with Gasteiger partial charge in [-0.05, 0) is 56.2 Å². The van der Waals surface area contributed by atoms with Gasteiger partial charge >= 0.3 is 5.69 Å². The second-order valence-corrected chi connectivity index (χ2v) is 7.48. The van der Waals surface area contributed by atoms with Crippen LogP contribution in [0.15, 0.2) is 59.7 Å². The molecule has 2 aromatic carbocycles. The molecule has 0 aliphatic carbocycles. The van der Waals surface area contributed by atoms with Crippen LogP contribution < -0.4 is 15.7 Å². The number of hydrogen-bond acceptors (Lipinski definition) is 6. The largest absolute Gasteiger partial charge is 0.436 e. The van der Waals surface area contributed by atoms with Gasteiger partial charge in [0.25, 0.3) is 5.88 Å². The molecular weight excluding hydrogens is 410 g/mol. The van der Waals surface area contributed by atoms with E-state index < -0.39 is 11.6 Å². The van der Waals surface area contributed by atoms with Crippen LogP contribution >= 0.6 is 0 Å². The molecule has 0 atom stereocenters. The molecule has 9 nitrogen and oxygen atoms in total. The number of fused-ring (bicyclic) bond motifs is 1. The normalized spacial score (nSPS) is 10.8.